The lowest BCUT2D eigenvalue weighted by atomic mass is 9.99. The maximum absolute atomic E-state index is 12.8. The SMILES string of the molecule is [C-]#[N+]c1ccc2nc3n(Cc4cccc(-c5ncc(OCC6CCNCC6)cn5)c4)c(=O)ccn3c2c1. The third-order valence-electron chi connectivity index (χ3n) is 6.76. The van der Waals surface area contributed by atoms with E-state index in [2.05, 4.69) is 25.1 Å². The second kappa shape index (κ2) is 9.84. The number of imidazole rings is 1. The van der Waals surface area contributed by atoms with Gasteiger partial charge in [-0.2, -0.15) is 0 Å². The summed E-state index contributed by atoms with van der Waals surface area (Å²) in [7, 11) is 0. The standard InChI is InChI=1S/C28H25N7O2/c1-29-22-5-6-24-25(14-22)34-12-9-26(36)35(28(34)33-24)17-20-3-2-4-21(13-20)27-31-15-23(16-32-27)37-18-19-7-10-30-11-8-19/h2-6,9,12-16,19,30H,7-8,10-11,17-18H2. The number of benzene rings is 2. The lowest BCUT2D eigenvalue weighted by Gasteiger charge is -2.22. The molecule has 2 aromatic carbocycles. The number of rotatable bonds is 6. The van der Waals surface area contributed by atoms with Crippen molar-refractivity contribution in [2.45, 2.75) is 19.4 Å². The van der Waals surface area contributed by atoms with Crippen molar-refractivity contribution in [2.24, 2.45) is 5.92 Å². The van der Waals surface area contributed by atoms with E-state index in [0.29, 0.717) is 42.1 Å². The highest BCUT2D eigenvalue weighted by molar-refractivity contribution is 5.83. The lowest BCUT2D eigenvalue weighted by Crippen LogP contribution is -2.30. The molecular formula is C28H25N7O2. The van der Waals surface area contributed by atoms with Crippen LogP contribution in [0.4, 0.5) is 5.69 Å². The predicted octanol–water partition coefficient (Wildman–Crippen LogP) is 4.08. The molecule has 0 saturated carbocycles. The van der Waals surface area contributed by atoms with E-state index >= 15 is 0 Å². The van der Waals surface area contributed by atoms with Gasteiger partial charge in [0, 0.05) is 17.8 Å². The van der Waals surface area contributed by atoms with Crippen LogP contribution in [0.2, 0.25) is 0 Å². The molecule has 0 spiro atoms. The van der Waals surface area contributed by atoms with Crippen molar-refractivity contribution in [3.63, 3.8) is 0 Å². The molecular weight excluding hydrogens is 466 g/mol. The van der Waals surface area contributed by atoms with Crippen LogP contribution in [0.15, 0.2) is 71.9 Å². The van der Waals surface area contributed by atoms with Crippen LogP contribution >= 0.6 is 0 Å². The fraction of sp³-hybridized carbons (Fsp3) is 0.250. The van der Waals surface area contributed by atoms with Crippen LogP contribution in [0, 0.1) is 12.5 Å². The summed E-state index contributed by atoms with van der Waals surface area (Å²) >= 11 is 0. The summed E-state index contributed by atoms with van der Waals surface area (Å²) in [4.78, 5) is 30.0. The fourth-order valence-corrected chi connectivity index (χ4v) is 4.74. The summed E-state index contributed by atoms with van der Waals surface area (Å²) in [5.74, 6) is 2.36. The zero-order valence-corrected chi connectivity index (χ0v) is 20.2. The average molecular weight is 492 g/mol. The monoisotopic (exact) mass is 491 g/mol. The molecule has 0 aliphatic carbocycles. The molecule has 37 heavy (non-hydrogen) atoms. The lowest BCUT2D eigenvalue weighted by molar-refractivity contribution is 0.214. The van der Waals surface area contributed by atoms with Crippen molar-refractivity contribution in [1.29, 1.82) is 0 Å². The molecule has 9 heteroatoms. The van der Waals surface area contributed by atoms with Crippen molar-refractivity contribution in [3.05, 3.63) is 94.5 Å². The molecule has 0 bridgehead atoms. The number of piperidine rings is 1. The highest BCUT2D eigenvalue weighted by Gasteiger charge is 2.14. The molecule has 1 fully saturated rings. The highest BCUT2D eigenvalue weighted by atomic mass is 16.5. The van der Waals surface area contributed by atoms with Gasteiger partial charge in [-0.1, -0.05) is 24.3 Å². The van der Waals surface area contributed by atoms with E-state index < -0.39 is 0 Å². The van der Waals surface area contributed by atoms with Gasteiger partial charge < -0.3 is 10.1 Å². The topological polar surface area (TPSA) is 90.7 Å². The summed E-state index contributed by atoms with van der Waals surface area (Å²) in [6.45, 7) is 10.4. The van der Waals surface area contributed by atoms with Crippen LogP contribution in [0.3, 0.4) is 0 Å². The maximum atomic E-state index is 12.8. The normalized spacial score (nSPS) is 14.1. The van der Waals surface area contributed by atoms with E-state index in [9.17, 15) is 4.79 Å². The Morgan fingerprint density at radius 3 is 2.73 bits per heavy atom. The van der Waals surface area contributed by atoms with Crippen LogP contribution in [-0.2, 0) is 6.54 Å². The first kappa shape index (κ1) is 22.9. The van der Waals surface area contributed by atoms with Crippen molar-refractivity contribution < 1.29 is 4.74 Å². The summed E-state index contributed by atoms with van der Waals surface area (Å²) in [5, 5.41) is 3.37. The van der Waals surface area contributed by atoms with Gasteiger partial charge >= 0.3 is 0 Å². The van der Waals surface area contributed by atoms with E-state index in [4.69, 9.17) is 11.3 Å². The molecule has 0 amide bonds. The minimum absolute atomic E-state index is 0.148. The number of fused-ring (bicyclic) bond motifs is 3. The van der Waals surface area contributed by atoms with E-state index in [1.165, 1.54) is 6.07 Å². The molecule has 0 radical (unpaired) electrons. The van der Waals surface area contributed by atoms with Gasteiger partial charge in [-0.25, -0.2) is 19.8 Å². The summed E-state index contributed by atoms with van der Waals surface area (Å²) in [5.41, 5.74) is 3.69. The van der Waals surface area contributed by atoms with Crippen LogP contribution in [0.1, 0.15) is 18.4 Å². The first-order valence-corrected chi connectivity index (χ1v) is 12.3. The Kier molecular flexibility index (Phi) is 6.08. The number of nitrogens with zero attached hydrogens (tertiary/aromatic N) is 6. The van der Waals surface area contributed by atoms with Crippen LogP contribution in [0.5, 0.6) is 5.75 Å². The van der Waals surface area contributed by atoms with Gasteiger partial charge in [0.05, 0.1) is 43.2 Å². The molecule has 5 aromatic rings. The van der Waals surface area contributed by atoms with Crippen molar-refractivity contribution >= 4 is 22.5 Å². The molecule has 6 rings (SSSR count). The third kappa shape index (κ3) is 4.67. The Morgan fingerprint density at radius 1 is 1.08 bits per heavy atom. The molecule has 4 heterocycles. The van der Waals surface area contributed by atoms with Gasteiger partial charge in [-0.05, 0) is 55.6 Å². The number of hydrogen-bond acceptors (Lipinski definition) is 6. The molecule has 184 valence electrons. The third-order valence-corrected chi connectivity index (χ3v) is 6.76. The second-order valence-corrected chi connectivity index (χ2v) is 9.25. The number of ether oxygens (including phenoxy) is 1. The number of aromatic nitrogens is 5. The van der Waals surface area contributed by atoms with Crippen molar-refractivity contribution in [3.8, 4) is 17.1 Å². The molecule has 3 aromatic heterocycles. The molecule has 1 saturated heterocycles. The molecule has 0 unspecified atom stereocenters. The van der Waals surface area contributed by atoms with Crippen molar-refractivity contribution in [2.75, 3.05) is 19.7 Å². The summed E-state index contributed by atoms with van der Waals surface area (Å²) in [6.07, 6.45) is 7.39. The largest absolute Gasteiger partial charge is 0.490 e. The Hall–Kier alpha value is -4.55. The summed E-state index contributed by atoms with van der Waals surface area (Å²) < 4.78 is 9.40. The highest BCUT2D eigenvalue weighted by Crippen LogP contribution is 2.23. The Labute approximate surface area is 213 Å². The van der Waals surface area contributed by atoms with Crippen LogP contribution in [0.25, 0.3) is 33.0 Å². The van der Waals surface area contributed by atoms with E-state index in [-0.39, 0.29) is 5.56 Å². The quantitative estimate of drug-likeness (QED) is 0.360. The van der Waals surface area contributed by atoms with Gasteiger partial charge in [0.15, 0.2) is 17.3 Å². The van der Waals surface area contributed by atoms with E-state index in [1.807, 2.05) is 34.7 Å². The van der Waals surface area contributed by atoms with E-state index in [0.717, 1.165) is 48.1 Å². The van der Waals surface area contributed by atoms with Gasteiger partial charge in [-0.3, -0.25) is 13.8 Å². The number of nitrogens with one attached hydrogen (secondary N) is 1. The Balaban J connectivity index is 1.24. The molecule has 9 nitrogen and oxygen atoms in total. The zero-order valence-electron chi connectivity index (χ0n) is 20.2. The van der Waals surface area contributed by atoms with E-state index in [1.54, 1.807) is 35.3 Å². The molecule has 1 N–H and O–H groups in total. The predicted molar refractivity (Wildman–Crippen MR) is 141 cm³/mol. The average Bonchev–Trinajstić information content (AvgIpc) is 3.32. The fourth-order valence-electron chi connectivity index (χ4n) is 4.74. The minimum atomic E-state index is -0.148. The second-order valence-electron chi connectivity index (χ2n) is 9.25. The van der Waals surface area contributed by atoms with Gasteiger partial charge in [0.1, 0.15) is 0 Å². The van der Waals surface area contributed by atoms with Gasteiger partial charge in [-0.15, -0.1) is 0 Å². The zero-order chi connectivity index (χ0) is 25.2. The van der Waals surface area contributed by atoms with Gasteiger partial charge in [0.2, 0.25) is 5.78 Å². The molecule has 0 atom stereocenters. The van der Waals surface area contributed by atoms with Crippen LogP contribution < -0.4 is 15.6 Å². The Morgan fingerprint density at radius 2 is 1.92 bits per heavy atom. The first-order chi connectivity index (χ1) is 18.2. The molecule has 1 aliphatic heterocycles. The van der Waals surface area contributed by atoms with Crippen LogP contribution in [-0.4, -0.2) is 43.6 Å². The number of hydrogen-bond donors (Lipinski definition) is 1. The minimum Gasteiger partial charge on any atom is -0.490 e. The Bertz CT molecular complexity index is 1680. The van der Waals surface area contributed by atoms with Crippen molar-refractivity contribution in [1.82, 2.24) is 29.2 Å². The summed E-state index contributed by atoms with van der Waals surface area (Å²) in [6, 6.07) is 14.7. The van der Waals surface area contributed by atoms with Gasteiger partial charge in [0.25, 0.3) is 5.56 Å². The first-order valence-electron chi connectivity index (χ1n) is 12.3. The maximum Gasteiger partial charge on any atom is 0.255 e. The molecule has 1 aliphatic rings. The smallest absolute Gasteiger partial charge is 0.255 e.